The average molecular weight is 170 g/mol. The molecule has 3 nitrogen and oxygen atoms in total. The number of carbonyl (C=O) groups excluding carboxylic acids is 1. The van der Waals surface area contributed by atoms with Gasteiger partial charge in [0.15, 0.2) is 0 Å². The fourth-order valence-corrected chi connectivity index (χ4v) is 0.588. The zero-order valence-electron chi connectivity index (χ0n) is 8.27. The van der Waals surface area contributed by atoms with E-state index in [0.717, 1.165) is 5.57 Å². The van der Waals surface area contributed by atoms with Gasteiger partial charge in [0.05, 0.1) is 0 Å². The van der Waals surface area contributed by atoms with Crippen molar-refractivity contribution in [3.05, 3.63) is 11.6 Å². The van der Waals surface area contributed by atoms with E-state index in [9.17, 15) is 4.79 Å². The van der Waals surface area contributed by atoms with E-state index < -0.39 is 0 Å². The normalized spacial score (nSPS) is 12.9. The number of nitrogens with one attached hydrogen (secondary N) is 1. The van der Waals surface area contributed by atoms with Gasteiger partial charge in [-0.25, -0.2) is 0 Å². The molecule has 0 bridgehead atoms. The van der Waals surface area contributed by atoms with E-state index in [4.69, 9.17) is 5.73 Å². The van der Waals surface area contributed by atoms with Crippen molar-refractivity contribution in [3.63, 3.8) is 0 Å². The fraction of sp³-hybridized carbons (Fsp3) is 0.667. The first kappa shape index (κ1) is 11.2. The number of nitrogens with two attached hydrogens (primary N) is 1. The summed E-state index contributed by atoms with van der Waals surface area (Å²) in [5, 5.41) is 2.82. The average Bonchev–Trinajstić information content (AvgIpc) is 2.02. The standard InChI is InChI=1S/C9H18N2O/c1-5-7(2)8(12)11-9(3,4)6-10/h5H,6,10H2,1-4H3,(H,11,12)/b7-5-. The van der Waals surface area contributed by atoms with Gasteiger partial charge < -0.3 is 11.1 Å². The van der Waals surface area contributed by atoms with Gasteiger partial charge in [0.1, 0.15) is 0 Å². The van der Waals surface area contributed by atoms with Crippen LogP contribution in [-0.4, -0.2) is 18.0 Å². The molecule has 0 saturated heterocycles. The van der Waals surface area contributed by atoms with Crippen molar-refractivity contribution >= 4 is 5.91 Å². The lowest BCUT2D eigenvalue weighted by Gasteiger charge is -2.24. The molecule has 0 aliphatic rings. The number of rotatable bonds is 3. The van der Waals surface area contributed by atoms with Gasteiger partial charge in [0.25, 0.3) is 0 Å². The first-order valence-electron chi connectivity index (χ1n) is 4.08. The van der Waals surface area contributed by atoms with Crippen LogP contribution >= 0.6 is 0 Å². The topological polar surface area (TPSA) is 55.1 Å². The van der Waals surface area contributed by atoms with Gasteiger partial charge >= 0.3 is 0 Å². The van der Waals surface area contributed by atoms with Crippen LogP contribution in [0.5, 0.6) is 0 Å². The van der Waals surface area contributed by atoms with Crippen molar-refractivity contribution in [1.29, 1.82) is 0 Å². The quantitative estimate of drug-likeness (QED) is 0.616. The largest absolute Gasteiger partial charge is 0.346 e. The van der Waals surface area contributed by atoms with E-state index in [1.54, 1.807) is 13.0 Å². The van der Waals surface area contributed by atoms with Crippen molar-refractivity contribution in [2.45, 2.75) is 33.2 Å². The van der Waals surface area contributed by atoms with E-state index >= 15 is 0 Å². The molecule has 1 amide bonds. The molecule has 0 rings (SSSR count). The molecule has 0 saturated carbocycles. The summed E-state index contributed by atoms with van der Waals surface area (Å²) in [5.74, 6) is -0.0482. The summed E-state index contributed by atoms with van der Waals surface area (Å²) in [6.07, 6.45) is 1.78. The Hall–Kier alpha value is -0.830. The third-order valence-electron chi connectivity index (χ3n) is 1.75. The van der Waals surface area contributed by atoms with E-state index in [1.807, 2.05) is 20.8 Å². The lowest BCUT2D eigenvalue weighted by Crippen LogP contribution is -2.49. The summed E-state index contributed by atoms with van der Waals surface area (Å²) < 4.78 is 0. The molecule has 0 aliphatic heterocycles. The van der Waals surface area contributed by atoms with Gasteiger partial charge in [-0.1, -0.05) is 6.08 Å². The molecular formula is C9H18N2O. The molecule has 3 N–H and O–H groups in total. The lowest BCUT2D eigenvalue weighted by atomic mass is 10.1. The Kier molecular flexibility index (Phi) is 3.96. The minimum absolute atomic E-state index is 0.0482. The summed E-state index contributed by atoms with van der Waals surface area (Å²) in [6, 6.07) is 0. The van der Waals surface area contributed by atoms with E-state index in [0.29, 0.717) is 6.54 Å². The summed E-state index contributed by atoms with van der Waals surface area (Å²) in [6.45, 7) is 7.85. The van der Waals surface area contributed by atoms with Gasteiger partial charge in [-0.3, -0.25) is 4.79 Å². The maximum absolute atomic E-state index is 11.3. The molecule has 0 fully saturated rings. The molecule has 0 aromatic rings. The van der Waals surface area contributed by atoms with Crippen molar-refractivity contribution in [1.82, 2.24) is 5.32 Å². The van der Waals surface area contributed by atoms with Crippen LogP contribution in [0.15, 0.2) is 11.6 Å². The number of hydrogen-bond acceptors (Lipinski definition) is 2. The Morgan fingerprint density at radius 3 is 2.42 bits per heavy atom. The van der Waals surface area contributed by atoms with Crippen LogP contribution in [0.25, 0.3) is 0 Å². The summed E-state index contributed by atoms with van der Waals surface area (Å²) in [4.78, 5) is 11.3. The van der Waals surface area contributed by atoms with Crippen molar-refractivity contribution < 1.29 is 4.79 Å². The number of allylic oxidation sites excluding steroid dienone is 1. The summed E-state index contributed by atoms with van der Waals surface area (Å²) in [7, 11) is 0. The van der Waals surface area contributed by atoms with Crippen LogP contribution in [0, 0.1) is 0 Å². The van der Waals surface area contributed by atoms with E-state index in [2.05, 4.69) is 5.32 Å². The highest BCUT2D eigenvalue weighted by molar-refractivity contribution is 5.93. The SMILES string of the molecule is C/C=C(/C)C(=O)NC(C)(C)CN. The maximum atomic E-state index is 11.3. The Balaban J connectivity index is 4.19. The highest BCUT2D eigenvalue weighted by atomic mass is 16.1. The zero-order valence-corrected chi connectivity index (χ0v) is 8.27. The molecule has 0 atom stereocenters. The molecule has 0 unspecified atom stereocenters. The monoisotopic (exact) mass is 170 g/mol. The second-order valence-electron chi connectivity index (χ2n) is 3.51. The Bertz CT molecular complexity index is 195. The minimum Gasteiger partial charge on any atom is -0.346 e. The molecule has 0 aliphatic carbocycles. The molecule has 0 heterocycles. The lowest BCUT2D eigenvalue weighted by molar-refractivity contribution is -0.118. The Morgan fingerprint density at radius 2 is 2.08 bits per heavy atom. The van der Waals surface area contributed by atoms with Crippen LogP contribution in [0.3, 0.4) is 0 Å². The summed E-state index contributed by atoms with van der Waals surface area (Å²) >= 11 is 0. The molecule has 0 spiro atoms. The van der Waals surface area contributed by atoms with Gasteiger partial charge in [-0.2, -0.15) is 0 Å². The first-order valence-corrected chi connectivity index (χ1v) is 4.08. The predicted octanol–water partition coefficient (Wildman–Crippen LogP) is 0.806. The third-order valence-corrected chi connectivity index (χ3v) is 1.75. The van der Waals surface area contributed by atoms with Crippen LogP contribution in [0.2, 0.25) is 0 Å². The highest BCUT2D eigenvalue weighted by Crippen LogP contribution is 2.01. The highest BCUT2D eigenvalue weighted by Gasteiger charge is 2.18. The molecule has 70 valence electrons. The second-order valence-corrected chi connectivity index (χ2v) is 3.51. The van der Waals surface area contributed by atoms with E-state index in [-0.39, 0.29) is 11.4 Å². The van der Waals surface area contributed by atoms with Crippen LogP contribution < -0.4 is 11.1 Å². The Labute approximate surface area is 74.0 Å². The third kappa shape index (κ3) is 3.53. The second kappa shape index (κ2) is 4.26. The zero-order chi connectivity index (χ0) is 9.78. The number of hydrogen-bond donors (Lipinski definition) is 2. The Morgan fingerprint density at radius 1 is 1.58 bits per heavy atom. The van der Waals surface area contributed by atoms with E-state index in [1.165, 1.54) is 0 Å². The van der Waals surface area contributed by atoms with Gasteiger partial charge in [0.2, 0.25) is 5.91 Å². The maximum Gasteiger partial charge on any atom is 0.247 e. The fourth-order valence-electron chi connectivity index (χ4n) is 0.588. The molecular weight excluding hydrogens is 152 g/mol. The predicted molar refractivity (Wildman–Crippen MR) is 50.7 cm³/mol. The molecule has 12 heavy (non-hydrogen) atoms. The molecule has 0 aromatic heterocycles. The minimum atomic E-state index is -0.318. The van der Waals surface area contributed by atoms with Crippen LogP contribution in [-0.2, 0) is 4.79 Å². The van der Waals surface area contributed by atoms with Crippen molar-refractivity contribution in [2.75, 3.05) is 6.54 Å². The number of carbonyl (C=O) groups is 1. The summed E-state index contributed by atoms with van der Waals surface area (Å²) in [5.41, 5.74) is 5.86. The smallest absolute Gasteiger partial charge is 0.247 e. The molecule has 0 aromatic carbocycles. The molecule has 3 heteroatoms. The van der Waals surface area contributed by atoms with Gasteiger partial charge in [-0.15, -0.1) is 0 Å². The molecule has 0 radical (unpaired) electrons. The van der Waals surface area contributed by atoms with Crippen LogP contribution in [0.4, 0.5) is 0 Å². The number of amides is 1. The van der Waals surface area contributed by atoms with Gasteiger partial charge in [0, 0.05) is 17.7 Å². The van der Waals surface area contributed by atoms with Crippen molar-refractivity contribution in [3.8, 4) is 0 Å². The first-order chi connectivity index (χ1) is 5.43. The van der Waals surface area contributed by atoms with Crippen LogP contribution in [0.1, 0.15) is 27.7 Å². The van der Waals surface area contributed by atoms with Gasteiger partial charge in [-0.05, 0) is 27.7 Å². The van der Waals surface area contributed by atoms with Crippen molar-refractivity contribution in [2.24, 2.45) is 5.73 Å².